The Kier molecular flexibility index (Phi) is 4.73. The molecule has 5 nitrogen and oxygen atoms in total. The first-order valence-corrected chi connectivity index (χ1v) is 9.70. The van der Waals surface area contributed by atoms with Gasteiger partial charge in [0, 0.05) is 13.0 Å². The van der Waals surface area contributed by atoms with Gasteiger partial charge in [-0.3, -0.25) is 14.2 Å². The highest BCUT2D eigenvalue weighted by atomic mass is 32.1. The monoisotopic (exact) mass is 377 g/mol. The van der Waals surface area contributed by atoms with E-state index >= 15 is 0 Å². The Bertz CT molecular complexity index is 1180. The summed E-state index contributed by atoms with van der Waals surface area (Å²) < 4.78 is 1.50. The minimum Gasteiger partial charge on any atom is -0.350 e. The van der Waals surface area contributed by atoms with E-state index in [4.69, 9.17) is 0 Å². The Morgan fingerprint density at radius 1 is 1.19 bits per heavy atom. The molecule has 0 fully saturated rings. The average Bonchev–Trinajstić information content (AvgIpc) is 3.16. The predicted octanol–water partition coefficient (Wildman–Crippen LogP) is 3.88. The molecule has 0 radical (unpaired) electrons. The summed E-state index contributed by atoms with van der Waals surface area (Å²) in [6.07, 6.45) is 1.75. The summed E-state index contributed by atoms with van der Waals surface area (Å²) >= 11 is 1.44. The van der Waals surface area contributed by atoms with Gasteiger partial charge in [-0.25, -0.2) is 4.98 Å². The van der Waals surface area contributed by atoms with E-state index < -0.39 is 0 Å². The van der Waals surface area contributed by atoms with Gasteiger partial charge in [0.1, 0.15) is 4.83 Å². The van der Waals surface area contributed by atoms with Gasteiger partial charge in [-0.05, 0) is 40.8 Å². The van der Waals surface area contributed by atoms with E-state index in [0.29, 0.717) is 11.9 Å². The molecule has 0 bridgehead atoms. The Balaban J connectivity index is 1.41. The third-order valence-electron chi connectivity index (χ3n) is 4.68. The maximum absolute atomic E-state index is 12.4. The van der Waals surface area contributed by atoms with E-state index in [0.717, 1.165) is 15.8 Å². The van der Waals surface area contributed by atoms with Gasteiger partial charge in [0.2, 0.25) is 5.91 Å². The van der Waals surface area contributed by atoms with Crippen molar-refractivity contribution in [1.29, 1.82) is 0 Å². The lowest BCUT2D eigenvalue weighted by Gasteiger charge is -2.15. The molecule has 1 atom stereocenters. The van der Waals surface area contributed by atoms with Crippen molar-refractivity contribution in [3.63, 3.8) is 0 Å². The van der Waals surface area contributed by atoms with Crippen LogP contribution in [0.3, 0.4) is 0 Å². The third kappa shape index (κ3) is 3.61. The maximum atomic E-state index is 12.4. The zero-order valence-electron chi connectivity index (χ0n) is 14.9. The molecule has 1 N–H and O–H groups in total. The number of carbonyl (C=O) groups excluding carboxylic acids is 1. The quantitative estimate of drug-likeness (QED) is 0.574. The van der Waals surface area contributed by atoms with Crippen LogP contribution >= 0.6 is 11.3 Å². The molecule has 0 saturated heterocycles. The van der Waals surface area contributed by atoms with Crippen molar-refractivity contribution in [2.24, 2.45) is 0 Å². The number of aromatic nitrogens is 2. The SMILES string of the molecule is CC(NC(=O)CCn1cnc2sccc2c1=O)c1ccc2ccccc2c1. The van der Waals surface area contributed by atoms with Gasteiger partial charge in [0.15, 0.2) is 0 Å². The van der Waals surface area contributed by atoms with Gasteiger partial charge >= 0.3 is 0 Å². The first kappa shape index (κ1) is 17.4. The molecule has 2 aromatic carbocycles. The fourth-order valence-corrected chi connectivity index (χ4v) is 3.87. The number of amides is 1. The Morgan fingerprint density at radius 2 is 2.00 bits per heavy atom. The highest BCUT2D eigenvalue weighted by molar-refractivity contribution is 7.16. The molecule has 6 heteroatoms. The summed E-state index contributed by atoms with van der Waals surface area (Å²) in [7, 11) is 0. The molecule has 2 aromatic heterocycles. The van der Waals surface area contributed by atoms with Crippen molar-refractivity contribution >= 4 is 38.2 Å². The molecular formula is C21H19N3O2S. The van der Waals surface area contributed by atoms with Crippen LogP contribution < -0.4 is 10.9 Å². The van der Waals surface area contributed by atoms with Gasteiger partial charge in [-0.15, -0.1) is 11.3 Å². The Morgan fingerprint density at radius 3 is 2.85 bits per heavy atom. The Labute approximate surface area is 160 Å². The van der Waals surface area contributed by atoms with E-state index in [1.807, 2.05) is 30.5 Å². The number of thiophene rings is 1. The molecule has 27 heavy (non-hydrogen) atoms. The lowest BCUT2D eigenvalue weighted by molar-refractivity contribution is -0.121. The first-order chi connectivity index (χ1) is 13.1. The van der Waals surface area contributed by atoms with E-state index in [9.17, 15) is 9.59 Å². The minimum absolute atomic E-state index is 0.0898. The van der Waals surface area contributed by atoms with Crippen LogP contribution in [0, 0.1) is 0 Å². The maximum Gasteiger partial charge on any atom is 0.262 e. The molecule has 0 aliphatic heterocycles. The van der Waals surface area contributed by atoms with Crippen molar-refractivity contribution in [3.8, 4) is 0 Å². The normalized spacial score (nSPS) is 12.3. The fourth-order valence-electron chi connectivity index (χ4n) is 3.15. The van der Waals surface area contributed by atoms with Crippen LogP contribution in [0.2, 0.25) is 0 Å². The molecular weight excluding hydrogens is 358 g/mol. The molecule has 4 aromatic rings. The molecule has 0 saturated carbocycles. The summed E-state index contributed by atoms with van der Waals surface area (Å²) in [6.45, 7) is 2.28. The van der Waals surface area contributed by atoms with Gasteiger partial charge in [0.25, 0.3) is 5.56 Å². The van der Waals surface area contributed by atoms with Crippen LogP contribution in [0.1, 0.15) is 24.9 Å². The second-order valence-electron chi connectivity index (χ2n) is 6.53. The number of hydrogen-bond acceptors (Lipinski definition) is 4. The Hall–Kier alpha value is -2.99. The molecule has 0 aliphatic carbocycles. The van der Waals surface area contributed by atoms with Crippen LogP contribution in [0.25, 0.3) is 21.0 Å². The topological polar surface area (TPSA) is 64.0 Å². The van der Waals surface area contributed by atoms with Crippen molar-refractivity contribution < 1.29 is 4.79 Å². The number of nitrogens with one attached hydrogen (secondary N) is 1. The van der Waals surface area contributed by atoms with E-state index in [1.165, 1.54) is 27.6 Å². The smallest absolute Gasteiger partial charge is 0.262 e. The van der Waals surface area contributed by atoms with Gasteiger partial charge in [0.05, 0.1) is 17.8 Å². The summed E-state index contributed by atoms with van der Waals surface area (Å²) in [5.41, 5.74) is 0.956. The first-order valence-electron chi connectivity index (χ1n) is 8.82. The number of aryl methyl sites for hydroxylation is 1. The van der Waals surface area contributed by atoms with Crippen molar-refractivity contribution in [2.45, 2.75) is 25.9 Å². The number of carbonyl (C=O) groups is 1. The molecule has 0 spiro atoms. The van der Waals surface area contributed by atoms with Gasteiger partial charge < -0.3 is 5.32 Å². The lowest BCUT2D eigenvalue weighted by atomic mass is 10.0. The van der Waals surface area contributed by atoms with E-state index in [2.05, 4.69) is 34.6 Å². The summed E-state index contributed by atoms with van der Waals surface area (Å²) in [4.78, 5) is 29.7. The molecule has 136 valence electrons. The second kappa shape index (κ2) is 7.32. The minimum atomic E-state index is -0.101. The van der Waals surface area contributed by atoms with Gasteiger partial charge in [-0.1, -0.05) is 36.4 Å². The number of benzene rings is 2. The number of hydrogen-bond donors (Lipinski definition) is 1. The molecule has 0 aliphatic rings. The molecule has 1 unspecified atom stereocenters. The highest BCUT2D eigenvalue weighted by Crippen LogP contribution is 2.20. The highest BCUT2D eigenvalue weighted by Gasteiger charge is 2.11. The third-order valence-corrected chi connectivity index (χ3v) is 5.50. The van der Waals surface area contributed by atoms with Crippen molar-refractivity contribution in [1.82, 2.24) is 14.9 Å². The molecule has 2 heterocycles. The summed E-state index contributed by atoms with van der Waals surface area (Å²) in [5, 5.41) is 7.79. The van der Waals surface area contributed by atoms with Crippen LogP contribution in [0.15, 0.2) is 65.0 Å². The second-order valence-corrected chi connectivity index (χ2v) is 7.42. The van der Waals surface area contributed by atoms with Crippen LogP contribution in [-0.4, -0.2) is 15.5 Å². The fraction of sp³-hybridized carbons (Fsp3) is 0.190. The number of rotatable bonds is 5. The summed E-state index contributed by atoms with van der Waals surface area (Å²) in [6, 6.07) is 16.0. The van der Waals surface area contributed by atoms with Gasteiger partial charge in [-0.2, -0.15) is 0 Å². The molecule has 1 amide bonds. The largest absolute Gasteiger partial charge is 0.350 e. The average molecular weight is 377 g/mol. The van der Waals surface area contributed by atoms with E-state index in [-0.39, 0.29) is 23.9 Å². The van der Waals surface area contributed by atoms with Crippen molar-refractivity contribution in [2.75, 3.05) is 0 Å². The zero-order chi connectivity index (χ0) is 18.8. The number of fused-ring (bicyclic) bond motifs is 2. The lowest BCUT2D eigenvalue weighted by Crippen LogP contribution is -2.29. The standard InChI is InChI=1S/C21H19N3O2S/c1-14(16-7-6-15-4-2-3-5-17(15)12-16)23-19(25)8-10-24-13-22-20-18(21(24)26)9-11-27-20/h2-7,9,11-14H,8,10H2,1H3,(H,23,25). The van der Waals surface area contributed by atoms with Crippen LogP contribution in [0.5, 0.6) is 0 Å². The van der Waals surface area contributed by atoms with Crippen LogP contribution in [-0.2, 0) is 11.3 Å². The van der Waals surface area contributed by atoms with Crippen LogP contribution in [0.4, 0.5) is 0 Å². The van der Waals surface area contributed by atoms with Crippen molar-refractivity contribution in [3.05, 3.63) is 76.2 Å². The zero-order valence-corrected chi connectivity index (χ0v) is 15.7. The predicted molar refractivity (Wildman–Crippen MR) is 109 cm³/mol. The number of nitrogens with zero attached hydrogens (tertiary/aromatic N) is 2. The molecule has 4 rings (SSSR count). The van der Waals surface area contributed by atoms with E-state index in [1.54, 1.807) is 6.07 Å². The summed E-state index contributed by atoms with van der Waals surface area (Å²) in [5.74, 6) is -0.0898.